The molecule has 0 unspecified atom stereocenters. The number of ketones is 2. The number of methoxy groups -OCH3 is 1. The molecule has 4 aliphatic rings. The average Bonchev–Trinajstić information content (AvgIpc) is 3.16. The average molecular weight is 485 g/mol. The lowest BCUT2D eigenvalue weighted by molar-refractivity contribution is -0.143. The Labute approximate surface area is 210 Å². The van der Waals surface area contributed by atoms with Crippen LogP contribution in [0.4, 0.5) is 0 Å². The minimum atomic E-state index is -0.389. The van der Waals surface area contributed by atoms with Crippen LogP contribution in [0.3, 0.4) is 0 Å². The Morgan fingerprint density at radius 1 is 1.17 bits per heavy atom. The summed E-state index contributed by atoms with van der Waals surface area (Å²) in [5.41, 5.74) is 2.07. The molecule has 35 heavy (non-hydrogen) atoms. The molecule has 0 aromatic rings. The molecule has 194 valence electrons. The summed E-state index contributed by atoms with van der Waals surface area (Å²) in [5.74, 6) is 0.715. The van der Waals surface area contributed by atoms with Crippen molar-refractivity contribution < 1.29 is 24.2 Å². The number of ether oxygens (including phenoxy) is 1. The van der Waals surface area contributed by atoms with Crippen LogP contribution in [-0.2, 0) is 19.1 Å². The molecule has 0 radical (unpaired) electrons. The van der Waals surface area contributed by atoms with E-state index in [0.29, 0.717) is 31.1 Å². The molecular weight excluding hydrogens is 440 g/mol. The first-order valence-corrected chi connectivity index (χ1v) is 13.6. The Hall–Kier alpha value is -1.75. The third kappa shape index (κ3) is 4.06. The molecule has 5 heteroatoms. The molecule has 5 nitrogen and oxygen atoms in total. The molecule has 0 saturated heterocycles. The van der Waals surface area contributed by atoms with E-state index >= 15 is 0 Å². The number of esters is 1. The number of fused-ring (bicyclic) bond motifs is 4. The number of carbonyl (C=O) groups is 3. The molecule has 0 spiro atoms. The maximum atomic E-state index is 13.9. The SMILES string of the molecule is C=C(CC[C@@H](C)[C@H]1CC[C@@H]2C3=C(C(=O)C[C@@]21C)[C@@]1(C)CC[C@@H](O)[C@@H](C)[C@H]1CC3=O)[C@H](C)C(=O)OC. The third-order valence-corrected chi connectivity index (χ3v) is 10.9. The lowest BCUT2D eigenvalue weighted by Crippen LogP contribution is -2.53. The van der Waals surface area contributed by atoms with Gasteiger partial charge in [0.1, 0.15) is 0 Å². The Morgan fingerprint density at radius 2 is 1.86 bits per heavy atom. The van der Waals surface area contributed by atoms with E-state index in [4.69, 9.17) is 4.74 Å². The molecule has 0 heterocycles. The summed E-state index contributed by atoms with van der Waals surface area (Å²) in [7, 11) is 1.41. The van der Waals surface area contributed by atoms with Crippen LogP contribution in [0.1, 0.15) is 86.0 Å². The Kier molecular flexibility index (Phi) is 6.98. The summed E-state index contributed by atoms with van der Waals surface area (Å²) in [6.07, 6.45) is 5.71. The maximum absolute atomic E-state index is 13.9. The van der Waals surface area contributed by atoms with Gasteiger partial charge in [-0.25, -0.2) is 0 Å². The molecule has 0 aromatic heterocycles. The van der Waals surface area contributed by atoms with Crippen LogP contribution >= 0.6 is 0 Å². The highest BCUT2D eigenvalue weighted by Crippen LogP contribution is 2.65. The predicted octanol–water partition coefficient (Wildman–Crippen LogP) is 5.46. The predicted molar refractivity (Wildman–Crippen MR) is 135 cm³/mol. The largest absolute Gasteiger partial charge is 0.469 e. The van der Waals surface area contributed by atoms with Crippen molar-refractivity contribution in [2.24, 2.45) is 46.3 Å². The summed E-state index contributed by atoms with van der Waals surface area (Å²) in [4.78, 5) is 39.4. The van der Waals surface area contributed by atoms with Gasteiger partial charge in [0.25, 0.3) is 0 Å². The Balaban J connectivity index is 1.58. The fourth-order valence-corrected chi connectivity index (χ4v) is 8.60. The minimum absolute atomic E-state index is 0.0321. The first kappa shape index (κ1) is 26.3. The van der Waals surface area contributed by atoms with E-state index in [1.54, 1.807) is 0 Å². The fourth-order valence-electron chi connectivity index (χ4n) is 8.60. The highest BCUT2D eigenvalue weighted by atomic mass is 16.5. The number of rotatable bonds is 6. The van der Waals surface area contributed by atoms with Crippen molar-refractivity contribution >= 4 is 17.5 Å². The monoisotopic (exact) mass is 484 g/mol. The number of aliphatic hydroxyl groups is 1. The summed E-state index contributed by atoms with van der Waals surface area (Å²) in [6, 6.07) is 0. The number of Topliss-reactive ketones (excluding diaryl/α,β-unsaturated/α-hetero) is 2. The van der Waals surface area contributed by atoms with Crippen molar-refractivity contribution in [3.05, 3.63) is 23.3 Å². The Morgan fingerprint density at radius 3 is 2.51 bits per heavy atom. The second-order valence-electron chi connectivity index (χ2n) is 12.7. The van der Waals surface area contributed by atoms with Crippen molar-refractivity contribution in [1.29, 1.82) is 0 Å². The number of carbonyl (C=O) groups excluding carboxylic acids is 3. The van der Waals surface area contributed by atoms with Crippen LogP contribution < -0.4 is 0 Å². The normalized spacial score (nSPS) is 40.5. The maximum Gasteiger partial charge on any atom is 0.312 e. The lowest BCUT2D eigenvalue weighted by atomic mass is 9.48. The van der Waals surface area contributed by atoms with Crippen molar-refractivity contribution in [3.8, 4) is 0 Å². The van der Waals surface area contributed by atoms with E-state index in [0.717, 1.165) is 48.8 Å². The van der Waals surface area contributed by atoms with Crippen molar-refractivity contribution in [2.45, 2.75) is 92.1 Å². The summed E-state index contributed by atoms with van der Waals surface area (Å²) < 4.78 is 4.87. The summed E-state index contributed by atoms with van der Waals surface area (Å²) in [6.45, 7) is 14.7. The van der Waals surface area contributed by atoms with Gasteiger partial charge in [0, 0.05) is 29.4 Å². The molecule has 2 saturated carbocycles. The minimum Gasteiger partial charge on any atom is -0.469 e. The zero-order valence-corrected chi connectivity index (χ0v) is 22.5. The number of aliphatic hydroxyl groups excluding tert-OH is 1. The second kappa shape index (κ2) is 9.28. The molecule has 0 amide bonds. The van der Waals surface area contributed by atoms with Crippen LogP contribution in [0.5, 0.6) is 0 Å². The van der Waals surface area contributed by atoms with E-state index in [2.05, 4.69) is 27.4 Å². The van der Waals surface area contributed by atoms with Gasteiger partial charge < -0.3 is 9.84 Å². The molecular formula is C30H44O5. The number of allylic oxidation sites excluding steroid dienone is 2. The third-order valence-electron chi connectivity index (χ3n) is 10.9. The lowest BCUT2D eigenvalue weighted by Gasteiger charge is -2.55. The molecule has 0 aromatic carbocycles. The molecule has 4 aliphatic carbocycles. The van der Waals surface area contributed by atoms with Gasteiger partial charge in [-0.05, 0) is 80.5 Å². The number of hydrogen-bond donors (Lipinski definition) is 1. The van der Waals surface area contributed by atoms with E-state index in [9.17, 15) is 19.5 Å². The van der Waals surface area contributed by atoms with Crippen molar-refractivity contribution in [3.63, 3.8) is 0 Å². The van der Waals surface area contributed by atoms with Crippen LogP contribution in [0.15, 0.2) is 23.3 Å². The van der Waals surface area contributed by atoms with Gasteiger partial charge in [-0.15, -0.1) is 0 Å². The van der Waals surface area contributed by atoms with Gasteiger partial charge in [-0.3, -0.25) is 14.4 Å². The van der Waals surface area contributed by atoms with E-state index in [-0.39, 0.29) is 58.1 Å². The highest BCUT2D eigenvalue weighted by Gasteiger charge is 2.61. The van der Waals surface area contributed by atoms with Crippen molar-refractivity contribution in [2.75, 3.05) is 7.11 Å². The highest BCUT2D eigenvalue weighted by molar-refractivity contribution is 6.10. The van der Waals surface area contributed by atoms with Crippen molar-refractivity contribution in [1.82, 2.24) is 0 Å². The first-order chi connectivity index (χ1) is 16.4. The molecule has 1 N–H and O–H groups in total. The molecule has 0 aliphatic heterocycles. The van der Waals surface area contributed by atoms with E-state index in [1.165, 1.54) is 7.11 Å². The van der Waals surface area contributed by atoms with Gasteiger partial charge in [0.05, 0.1) is 19.1 Å². The van der Waals surface area contributed by atoms with Gasteiger partial charge in [0.2, 0.25) is 0 Å². The molecule has 4 rings (SSSR count). The number of hydrogen-bond acceptors (Lipinski definition) is 5. The standard InChI is InChI=1S/C30H44O5/c1-16(18(3)28(34)35-7)8-9-17(2)20-10-11-21-26-24(32)14-22-19(4)23(31)12-13-29(22,5)27(26)25(33)15-30(20,21)6/h17-23,31H,1,8-15H2,2-7H3/t17-,18+,19+,20-,21-,22-,23-,29+,30-/m1/s1. The Bertz CT molecular complexity index is 962. The van der Waals surface area contributed by atoms with Crippen LogP contribution in [0, 0.1) is 46.3 Å². The zero-order chi connectivity index (χ0) is 25.9. The van der Waals surface area contributed by atoms with Gasteiger partial charge in [0.15, 0.2) is 11.6 Å². The molecule has 2 fully saturated rings. The van der Waals surface area contributed by atoms with Crippen LogP contribution in [0.2, 0.25) is 0 Å². The fraction of sp³-hybridized carbons (Fsp3) is 0.767. The zero-order valence-electron chi connectivity index (χ0n) is 22.5. The van der Waals surface area contributed by atoms with Crippen LogP contribution in [-0.4, -0.2) is 35.9 Å². The second-order valence-corrected chi connectivity index (χ2v) is 12.7. The topological polar surface area (TPSA) is 80.7 Å². The van der Waals surface area contributed by atoms with Gasteiger partial charge in [-0.1, -0.05) is 39.8 Å². The molecule has 9 atom stereocenters. The quantitative estimate of drug-likeness (QED) is 0.400. The van der Waals surface area contributed by atoms with E-state index in [1.807, 2.05) is 13.8 Å². The van der Waals surface area contributed by atoms with Crippen LogP contribution in [0.25, 0.3) is 0 Å². The van der Waals surface area contributed by atoms with E-state index < -0.39 is 0 Å². The smallest absolute Gasteiger partial charge is 0.312 e. The summed E-state index contributed by atoms with van der Waals surface area (Å²) >= 11 is 0. The first-order valence-electron chi connectivity index (χ1n) is 13.6. The molecule has 0 bridgehead atoms. The summed E-state index contributed by atoms with van der Waals surface area (Å²) in [5, 5.41) is 10.5. The van der Waals surface area contributed by atoms with Gasteiger partial charge in [-0.2, -0.15) is 0 Å². The van der Waals surface area contributed by atoms with Gasteiger partial charge >= 0.3 is 5.97 Å².